The average molecular weight is 323 g/mol. The van der Waals surface area contributed by atoms with Crippen molar-refractivity contribution in [3.05, 3.63) is 65.2 Å². The van der Waals surface area contributed by atoms with Crippen molar-refractivity contribution in [3.63, 3.8) is 0 Å². The molecule has 0 spiro atoms. The molecular formula is C19H18FN3O. The molecule has 5 heteroatoms. The van der Waals surface area contributed by atoms with E-state index in [2.05, 4.69) is 21.7 Å². The van der Waals surface area contributed by atoms with Crippen LogP contribution in [-0.4, -0.2) is 53.9 Å². The molecule has 0 bridgehead atoms. The number of amides is 1. The van der Waals surface area contributed by atoms with Gasteiger partial charge in [0.25, 0.3) is 5.91 Å². The van der Waals surface area contributed by atoms with Crippen LogP contribution in [0.2, 0.25) is 0 Å². The highest BCUT2D eigenvalue weighted by molar-refractivity contribution is 5.92. The van der Waals surface area contributed by atoms with Gasteiger partial charge in [-0.3, -0.25) is 4.79 Å². The van der Waals surface area contributed by atoms with Crippen molar-refractivity contribution in [2.24, 2.45) is 0 Å². The number of hydrogen-bond donors (Lipinski definition) is 0. The third-order valence-electron chi connectivity index (χ3n) is 3.95. The Morgan fingerprint density at radius 2 is 1.83 bits per heavy atom. The summed E-state index contributed by atoms with van der Waals surface area (Å²) in [6.07, 6.45) is 1.58. The summed E-state index contributed by atoms with van der Waals surface area (Å²) in [4.78, 5) is 20.6. The largest absolute Gasteiger partial charge is 0.335 e. The zero-order valence-corrected chi connectivity index (χ0v) is 13.5. The van der Waals surface area contributed by atoms with Crippen LogP contribution < -0.4 is 0 Å². The molecule has 0 N–H and O–H groups in total. The number of rotatable bonds is 1. The van der Waals surface area contributed by atoms with E-state index in [1.54, 1.807) is 30.5 Å². The van der Waals surface area contributed by atoms with Crippen molar-refractivity contribution in [3.8, 4) is 11.8 Å². The molecule has 1 aromatic carbocycles. The van der Waals surface area contributed by atoms with Crippen LogP contribution in [-0.2, 0) is 0 Å². The minimum absolute atomic E-state index is 0.0484. The molecule has 0 unspecified atom stereocenters. The minimum Gasteiger partial charge on any atom is -0.335 e. The lowest BCUT2D eigenvalue weighted by atomic mass is 10.2. The molecule has 1 fully saturated rings. The Morgan fingerprint density at radius 3 is 2.50 bits per heavy atom. The number of piperazine rings is 1. The molecule has 0 saturated carbocycles. The minimum atomic E-state index is -0.312. The Labute approximate surface area is 140 Å². The number of pyridine rings is 1. The van der Waals surface area contributed by atoms with Crippen molar-refractivity contribution in [1.29, 1.82) is 0 Å². The highest BCUT2D eigenvalue weighted by Crippen LogP contribution is 2.07. The standard InChI is InChI=1S/C19H18FN3O/c1-22-9-11-23(12-10-22)19(24)18-8-7-16(14-21-18)6-5-15-3-2-4-17(20)13-15/h2-4,7-8,13-14H,9-12H2,1H3. The molecule has 24 heavy (non-hydrogen) atoms. The Bertz CT molecular complexity index is 784. The fraction of sp³-hybridized carbons (Fsp3) is 0.263. The molecule has 1 aliphatic heterocycles. The van der Waals surface area contributed by atoms with Crippen LogP contribution >= 0.6 is 0 Å². The van der Waals surface area contributed by atoms with Crippen molar-refractivity contribution >= 4 is 5.91 Å². The van der Waals surface area contributed by atoms with Gasteiger partial charge in [0.15, 0.2) is 0 Å². The third kappa shape index (κ3) is 3.98. The lowest BCUT2D eigenvalue weighted by molar-refractivity contribution is 0.0658. The van der Waals surface area contributed by atoms with Crippen molar-refractivity contribution in [2.45, 2.75) is 0 Å². The molecule has 0 aliphatic carbocycles. The van der Waals surface area contributed by atoms with Gasteiger partial charge >= 0.3 is 0 Å². The van der Waals surface area contributed by atoms with Gasteiger partial charge < -0.3 is 9.80 Å². The normalized spacial score (nSPS) is 14.8. The Hall–Kier alpha value is -2.71. The number of aromatic nitrogens is 1. The second kappa shape index (κ2) is 7.24. The van der Waals surface area contributed by atoms with Crippen LogP contribution in [0.25, 0.3) is 0 Å². The first-order chi connectivity index (χ1) is 11.6. The fourth-order valence-electron chi connectivity index (χ4n) is 2.48. The lowest BCUT2D eigenvalue weighted by Crippen LogP contribution is -2.47. The van der Waals surface area contributed by atoms with Crippen molar-refractivity contribution < 1.29 is 9.18 Å². The van der Waals surface area contributed by atoms with Crippen LogP contribution in [0.4, 0.5) is 4.39 Å². The molecule has 2 aromatic rings. The number of hydrogen-bond acceptors (Lipinski definition) is 3. The van der Waals surface area contributed by atoms with Crippen molar-refractivity contribution in [2.75, 3.05) is 33.2 Å². The molecule has 1 aliphatic rings. The summed E-state index contributed by atoms with van der Waals surface area (Å²) in [7, 11) is 2.05. The summed E-state index contributed by atoms with van der Waals surface area (Å²) < 4.78 is 13.1. The number of halogens is 1. The third-order valence-corrected chi connectivity index (χ3v) is 3.95. The van der Waals surface area contributed by atoms with E-state index in [0.29, 0.717) is 16.8 Å². The number of nitrogens with zero attached hydrogens (tertiary/aromatic N) is 3. The summed E-state index contributed by atoms with van der Waals surface area (Å²) in [5.74, 6) is 5.46. The summed E-state index contributed by atoms with van der Waals surface area (Å²) in [5.41, 5.74) is 1.72. The molecule has 0 atom stereocenters. The van der Waals surface area contributed by atoms with Crippen LogP contribution in [0, 0.1) is 17.7 Å². The first kappa shape index (κ1) is 16.2. The molecule has 1 saturated heterocycles. The molecule has 122 valence electrons. The van der Waals surface area contributed by atoms with Crippen LogP contribution in [0.1, 0.15) is 21.6 Å². The molecule has 4 nitrogen and oxygen atoms in total. The average Bonchev–Trinajstić information content (AvgIpc) is 2.61. The van der Waals surface area contributed by atoms with Gasteiger partial charge in [0.05, 0.1) is 0 Å². The van der Waals surface area contributed by atoms with Gasteiger partial charge in [-0.15, -0.1) is 0 Å². The maximum absolute atomic E-state index is 13.1. The Balaban J connectivity index is 1.68. The van der Waals surface area contributed by atoms with E-state index in [0.717, 1.165) is 26.2 Å². The fourth-order valence-corrected chi connectivity index (χ4v) is 2.48. The predicted octanol–water partition coefficient (Wildman–Crippen LogP) is 2.01. The van der Waals surface area contributed by atoms with Gasteiger partial charge in [-0.2, -0.15) is 0 Å². The van der Waals surface area contributed by atoms with Gasteiger partial charge in [-0.25, -0.2) is 9.37 Å². The van der Waals surface area contributed by atoms with E-state index >= 15 is 0 Å². The molecule has 2 heterocycles. The van der Waals surface area contributed by atoms with E-state index in [9.17, 15) is 9.18 Å². The summed E-state index contributed by atoms with van der Waals surface area (Å²) >= 11 is 0. The predicted molar refractivity (Wildman–Crippen MR) is 90.0 cm³/mol. The number of carbonyl (C=O) groups is 1. The smallest absolute Gasteiger partial charge is 0.272 e. The molecular weight excluding hydrogens is 305 g/mol. The van der Waals surface area contributed by atoms with Crippen LogP contribution in [0.5, 0.6) is 0 Å². The number of carbonyl (C=O) groups excluding carboxylic acids is 1. The highest BCUT2D eigenvalue weighted by Gasteiger charge is 2.20. The van der Waals surface area contributed by atoms with Crippen LogP contribution in [0.3, 0.4) is 0 Å². The van der Waals surface area contributed by atoms with Gasteiger partial charge in [-0.05, 0) is 37.4 Å². The molecule has 3 rings (SSSR count). The highest BCUT2D eigenvalue weighted by atomic mass is 19.1. The summed E-state index contributed by atoms with van der Waals surface area (Å²) in [6, 6.07) is 9.58. The van der Waals surface area contributed by atoms with Gasteiger partial charge in [-0.1, -0.05) is 17.9 Å². The van der Waals surface area contributed by atoms with Gasteiger partial charge in [0, 0.05) is 43.5 Å². The molecule has 1 amide bonds. The summed E-state index contributed by atoms with van der Waals surface area (Å²) in [5, 5.41) is 0. The van der Waals surface area contributed by atoms with E-state index in [1.807, 2.05) is 11.9 Å². The zero-order chi connectivity index (χ0) is 16.9. The SMILES string of the molecule is CN1CCN(C(=O)c2ccc(C#Cc3cccc(F)c3)cn2)CC1. The Kier molecular flexibility index (Phi) is 4.88. The number of benzene rings is 1. The van der Waals surface area contributed by atoms with Crippen LogP contribution in [0.15, 0.2) is 42.6 Å². The van der Waals surface area contributed by atoms with E-state index in [4.69, 9.17) is 0 Å². The Morgan fingerprint density at radius 1 is 1.08 bits per heavy atom. The monoisotopic (exact) mass is 323 g/mol. The maximum Gasteiger partial charge on any atom is 0.272 e. The quantitative estimate of drug-likeness (QED) is 0.753. The summed E-state index contributed by atoms with van der Waals surface area (Å²) in [6.45, 7) is 3.20. The van der Waals surface area contributed by atoms with Gasteiger partial charge in [0.1, 0.15) is 11.5 Å². The first-order valence-electron chi connectivity index (χ1n) is 7.83. The zero-order valence-electron chi connectivity index (χ0n) is 13.5. The second-order valence-electron chi connectivity index (χ2n) is 5.79. The molecule has 1 aromatic heterocycles. The van der Waals surface area contributed by atoms with E-state index in [1.165, 1.54) is 12.1 Å². The lowest BCUT2D eigenvalue weighted by Gasteiger charge is -2.32. The van der Waals surface area contributed by atoms with E-state index in [-0.39, 0.29) is 11.7 Å². The number of likely N-dealkylation sites (N-methyl/N-ethyl adjacent to an activating group) is 1. The topological polar surface area (TPSA) is 36.4 Å². The first-order valence-corrected chi connectivity index (χ1v) is 7.83. The van der Waals surface area contributed by atoms with Gasteiger partial charge in [0.2, 0.25) is 0 Å². The maximum atomic E-state index is 13.1. The molecule has 0 radical (unpaired) electrons. The van der Waals surface area contributed by atoms with E-state index < -0.39 is 0 Å². The van der Waals surface area contributed by atoms with Crippen molar-refractivity contribution in [1.82, 2.24) is 14.8 Å². The second-order valence-corrected chi connectivity index (χ2v) is 5.79.